The average Bonchev–Trinajstić information content (AvgIpc) is 3.28. The van der Waals surface area contributed by atoms with Gasteiger partial charge in [0.2, 0.25) is 5.95 Å². The van der Waals surface area contributed by atoms with E-state index in [0.29, 0.717) is 49.2 Å². The fraction of sp³-hybridized carbons (Fsp3) is 0.261. The molecule has 9 nitrogen and oxygen atoms in total. The maximum absolute atomic E-state index is 13.2. The van der Waals surface area contributed by atoms with E-state index >= 15 is 0 Å². The molecule has 4 aromatic rings. The van der Waals surface area contributed by atoms with Crippen molar-refractivity contribution in [3.63, 3.8) is 0 Å². The molecule has 1 saturated heterocycles. The molecule has 1 aliphatic heterocycles. The van der Waals surface area contributed by atoms with E-state index in [-0.39, 0.29) is 5.69 Å². The minimum absolute atomic E-state index is 0.232. The number of pyridine rings is 1. The summed E-state index contributed by atoms with van der Waals surface area (Å²) < 4.78 is 46.6. The van der Waals surface area contributed by atoms with Gasteiger partial charge in [-0.1, -0.05) is 29.8 Å². The lowest BCUT2D eigenvalue weighted by Gasteiger charge is -2.27. The Bertz CT molecular complexity index is 1380. The molecule has 0 atom stereocenters. The lowest BCUT2D eigenvalue weighted by molar-refractivity contribution is -0.141. The van der Waals surface area contributed by atoms with Crippen LogP contribution in [0.5, 0.6) is 0 Å². The molecule has 5 rings (SSSR count). The van der Waals surface area contributed by atoms with Crippen LogP contribution >= 0.6 is 0 Å². The molecule has 1 aromatic carbocycles. The van der Waals surface area contributed by atoms with Gasteiger partial charge in [-0.25, -0.2) is 4.98 Å². The van der Waals surface area contributed by atoms with Crippen LogP contribution in [-0.2, 0) is 10.9 Å². The zero-order valence-corrected chi connectivity index (χ0v) is 18.7. The summed E-state index contributed by atoms with van der Waals surface area (Å²) in [7, 11) is 0. The molecule has 0 spiro atoms. The summed E-state index contributed by atoms with van der Waals surface area (Å²) in [6.07, 6.45) is -0.394. The van der Waals surface area contributed by atoms with Crippen LogP contribution in [0.4, 0.5) is 24.9 Å². The summed E-state index contributed by atoms with van der Waals surface area (Å²) >= 11 is 0. The van der Waals surface area contributed by atoms with Crippen LogP contribution in [0.3, 0.4) is 0 Å². The first-order valence-electron chi connectivity index (χ1n) is 10.9. The smallest absolute Gasteiger partial charge is 0.378 e. The second kappa shape index (κ2) is 9.29. The van der Waals surface area contributed by atoms with Crippen molar-refractivity contribution >= 4 is 29.1 Å². The van der Waals surface area contributed by atoms with Crippen LogP contribution in [0.15, 0.2) is 54.0 Å². The molecular formula is C23H21F3N8O. The van der Waals surface area contributed by atoms with Gasteiger partial charge in [0.25, 0.3) is 0 Å². The predicted molar refractivity (Wildman–Crippen MR) is 125 cm³/mol. The molecule has 4 heterocycles. The van der Waals surface area contributed by atoms with Gasteiger partial charge < -0.3 is 9.64 Å². The summed E-state index contributed by atoms with van der Waals surface area (Å²) in [5, 5.41) is 4.30. The number of nitrogens with zero attached hydrogens (tertiary/aromatic N) is 7. The summed E-state index contributed by atoms with van der Waals surface area (Å²) in [4.78, 5) is 19.0. The van der Waals surface area contributed by atoms with E-state index in [1.165, 1.54) is 17.0 Å². The van der Waals surface area contributed by atoms with E-state index in [4.69, 9.17) is 4.74 Å². The predicted octanol–water partition coefficient (Wildman–Crippen LogP) is 3.82. The van der Waals surface area contributed by atoms with Crippen LogP contribution in [0, 0.1) is 6.92 Å². The van der Waals surface area contributed by atoms with Crippen LogP contribution in [-0.4, -0.2) is 57.0 Å². The quantitative estimate of drug-likeness (QED) is 0.341. The van der Waals surface area contributed by atoms with Crippen molar-refractivity contribution in [1.29, 1.82) is 0 Å². The molecule has 1 N–H and O–H groups in total. The van der Waals surface area contributed by atoms with E-state index in [0.717, 1.165) is 23.4 Å². The molecule has 0 aliphatic carbocycles. The minimum atomic E-state index is -4.57. The fourth-order valence-corrected chi connectivity index (χ4v) is 3.70. The molecule has 12 heteroatoms. The monoisotopic (exact) mass is 482 g/mol. The van der Waals surface area contributed by atoms with Gasteiger partial charge in [-0.05, 0) is 24.6 Å². The second-order valence-corrected chi connectivity index (χ2v) is 7.94. The van der Waals surface area contributed by atoms with Gasteiger partial charge in [-0.15, -0.1) is 0 Å². The third-order valence-corrected chi connectivity index (χ3v) is 5.42. The highest BCUT2D eigenvalue weighted by atomic mass is 19.4. The van der Waals surface area contributed by atoms with Gasteiger partial charge in [-0.3, -0.25) is 15.0 Å². The number of morpholine rings is 1. The molecule has 0 radical (unpaired) electrons. The first kappa shape index (κ1) is 22.7. The zero-order valence-electron chi connectivity index (χ0n) is 18.7. The zero-order chi connectivity index (χ0) is 24.4. The van der Waals surface area contributed by atoms with Crippen molar-refractivity contribution in [1.82, 2.24) is 24.5 Å². The Balaban J connectivity index is 1.57. The first-order valence-corrected chi connectivity index (χ1v) is 10.9. The maximum Gasteiger partial charge on any atom is 0.433 e. The van der Waals surface area contributed by atoms with Crippen LogP contribution in [0.25, 0.3) is 16.9 Å². The Morgan fingerprint density at radius 2 is 1.91 bits per heavy atom. The van der Waals surface area contributed by atoms with Gasteiger partial charge in [0, 0.05) is 19.3 Å². The topological polar surface area (TPSA) is 93.4 Å². The highest BCUT2D eigenvalue weighted by molar-refractivity contribution is 5.87. The highest BCUT2D eigenvalue weighted by Gasteiger charge is 2.32. The van der Waals surface area contributed by atoms with Crippen molar-refractivity contribution in [2.45, 2.75) is 13.1 Å². The summed E-state index contributed by atoms with van der Waals surface area (Å²) in [5.74, 6) is 0.741. The molecule has 0 saturated carbocycles. The third-order valence-electron chi connectivity index (χ3n) is 5.42. The summed E-state index contributed by atoms with van der Waals surface area (Å²) in [6, 6.07) is 10.3. The van der Waals surface area contributed by atoms with E-state index in [9.17, 15) is 13.2 Å². The Kier molecular flexibility index (Phi) is 6.03. The van der Waals surface area contributed by atoms with Gasteiger partial charge in [0.05, 0.1) is 25.1 Å². The molecule has 35 heavy (non-hydrogen) atoms. The SMILES string of the molecule is Cc1cccc(C=NNc2nc(N3CCOCC3)nc3c2ncn3-c2ccnc(C(F)(F)F)c2)c1. The van der Waals surface area contributed by atoms with Gasteiger partial charge in [0.15, 0.2) is 17.0 Å². The van der Waals surface area contributed by atoms with Gasteiger partial charge >= 0.3 is 6.18 Å². The number of alkyl halides is 3. The highest BCUT2D eigenvalue weighted by Crippen LogP contribution is 2.30. The molecule has 1 aliphatic rings. The van der Waals surface area contributed by atoms with Crippen molar-refractivity contribution < 1.29 is 17.9 Å². The van der Waals surface area contributed by atoms with Crippen LogP contribution in [0.1, 0.15) is 16.8 Å². The summed E-state index contributed by atoms with van der Waals surface area (Å²) in [5.41, 5.74) is 4.87. The largest absolute Gasteiger partial charge is 0.433 e. The molecular weight excluding hydrogens is 461 g/mol. The molecule has 0 unspecified atom stereocenters. The number of anilines is 2. The Hall–Kier alpha value is -4.06. The maximum atomic E-state index is 13.2. The van der Waals surface area contributed by atoms with E-state index < -0.39 is 11.9 Å². The average molecular weight is 482 g/mol. The van der Waals surface area contributed by atoms with Crippen molar-refractivity contribution in [3.05, 3.63) is 65.7 Å². The number of aromatic nitrogens is 5. The number of hydrazone groups is 1. The Morgan fingerprint density at radius 3 is 2.69 bits per heavy atom. The number of imidazole rings is 1. The molecule has 0 bridgehead atoms. The lowest BCUT2D eigenvalue weighted by Crippen LogP contribution is -2.37. The number of ether oxygens (including phenoxy) is 1. The standard InChI is InChI=1S/C23H21F3N8O/c1-15-3-2-4-16(11-15)13-29-32-20-19-21(31-22(30-20)33-7-9-35-10-8-33)34(14-28-19)17-5-6-27-18(12-17)23(24,25)26/h2-6,11-14H,7-10H2,1H3,(H,30,31,32). The van der Waals surface area contributed by atoms with E-state index in [1.54, 1.807) is 6.21 Å². The summed E-state index contributed by atoms with van der Waals surface area (Å²) in [6.45, 7) is 4.20. The number of hydrogen-bond donors (Lipinski definition) is 1. The first-order chi connectivity index (χ1) is 16.9. The van der Waals surface area contributed by atoms with Crippen molar-refractivity contribution in [3.8, 4) is 5.69 Å². The van der Waals surface area contributed by atoms with Crippen LogP contribution in [0.2, 0.25) is 0 Å². The van der Waals surface area contributed by atoms with Crippen molar-refractivity contribution in [2.75, 3.05) is 36.6 Å². The number of aryl methyl sites for hydroxylation is 1. The number of hydrogen-bond acceptors (Lipinski definition) is 8. The number of rotatable bonds is 5. The second-order valence-electron chi connectivity index (χ2n) is 7.94. The molecule has 0 amide bonds. The Labute approximate surface area is 198 Å². The normalized spacial score (nSPS) is 14.7. The number of fused-ring (bicyclic) bond motifs is 1. The van der Waals surface area contributed by atoms with Crippen LogP contribution < -0.4 is 10.3 Å². The van der Waals surface area contributed by atoms with Gasteiger partial charge in [-0.2, -0.15) is 28.2 Å². The molecule has 1 fully saturated rings. The number of halogens is 3. The molecule has 3 aromatic heterocycles. The number of nitrogens with one attached hydrogen (secondary N) is 1. The third kappa shape index (κ3) is 4.92. The lowest BCUT2D eigenvalue weighted by atomic mass is 10.2. The Morgan fingerprint density at radius 1 is 1.09 bits per heavy atom. The fourth-order valence-electron chi connectivity index (χ4n) is 3.70. The van der Waals surface area contributed by atoms with Gasteiger partial charge in [0.1, 0.15) is 12.0 Å². The van der Waals surface area contributed by atoms with Crippen molar-refractivity contribution in [2.24, 2.45) is 5.10 Å². The van der Waals surface area contributed by atoms with E-state index in [2.05, 4.69) is 30.5 Å². The molecule has 180 valence electrons. The van der Waals surface area contributed by atoms with E-state index in [1.807, 2.05) is 36.1 Å². The minimum Gasteiger partial charge on any atom is -0.378 e. The number of benzene rings is 1.